The van der Waals surface area contributed by atoms with Crippen LogP contribution in [0.5, 0.6) is 17.2 Å². The Hall–Kier alpha value is -2.36. The van der Waals surface area contributed by atoms with E-state index in [1.807, 2.05) is 44.2 Å². The van der Waals surface area contributed by atoms with Crippen LogP contribution in [0.4, 0.5) is 5.69 Å². The minimum absolute atomic E-state index is 0.128. The molecule has 112 valence electrons. The molecular weight excluding hydrogens is 266 g/mol. The highest BCUT2D eigenvalue weighted by atomic mass is 16.5. The number of phenolic OH excluding ortho intramolecular Hbond substituents is 1. The Kier molecular flexibility index (Phi) is 4.93. The molecule has 2 aromatic rings. The molecule has 0 aliphatic carbocycles. The van der Waals surface area contributed by atoms with Gasteiger partial charge in [0.2, 0.25) is 0 Å². The molecule has 21 heavy (non-hydrogen) atoms. The van der Waals surface area contributed by atoms with E-state index in [0.717, 1.165) is 17.0 Å². The van der Waals surface area contributed by atoms with Crippen molar-refractivity contribution in [2.75, 3.05) is 12.4 Å². The summed E-state index contributed by atoms with van der Waals surface area (Å²) in [5.41, 5.74) is 1.98. The quantitative estimate of drug-likeness (QED) is 0.848. The Morgan fingerprint density at radius 3 is 2.38 bits per heavy atom. The summed E-state index contributed by atoms with van der Waals surface area (Å²) in [7, 11) is 1.53. The predicted octanol–water partition coefficient (Wildman–Crippen LogP) is 3.80. The molecule has 0 saturated carbocycles. The SMILES string of the molecule is COc1ccc(NCc2ccc(OC(C)C)cc2)cc1O. The second-order valence-electron chi connectivity index (χ2n) is 5.05. The molecule has 2 rings (SSSR count). The summed E-state index contributed by atoms with van der Waals surface area (Å²) in [6, 6.07) is 13.2. The molecule has 0 aromatic heterocycles. The number of hydrogen-bond acceptors (Lipinski definition) is 4. The normalized spacial score (nSPS) is 10.5. The first-order valence-corrected chi connectivity index (χ1v) is 6.95. The number of methoxy groups -OCH3 is 1. The van der Waals surface area contributed by atoms with Gasteiger partial charge in [0.1, 0.15) is 5.75 Å². The molecule has 0 aliphatic rings. The molecule has 0 amide bonds. The summed E-state index contributed by atoms with van der Waals surface area (Å²) in [6.07, 6.45) is 0.177. The molecular formula is C17H21NO3. The van der Waals surface area contributed by atoms with Crippen LogP contribution < -0.4 is 14.8 Å². The molecule has 0 heterocycles. The fourth-order valence-electron chi connectivity index (χ4n) is 1.96. The molecule has 0 atom stereocenters. The number of aromatic hydroxyl groups is 1. The van der Waals surface area contributed by atoms with Crippen molar-refractivity contribution in [1.29, 1.82) is 0 Å². The molecule has 2 N–H and O–H groups in total. The standard InChI is InChI=1S/C17H21NO3/c1-12(2)21-15-7-4-13(5-8-15)11-18-14-6-9-17(20-3)16(19)10-14/h4-10,12,18-19H,11H2,1-3H3. The maximum Gasteiger partial charge on any atom is 0.160 e. The van der Waals surface area contributed by atoms with Crippen molar-refractivity contribution in [2.45, 2.75) is 26.5 Å². The van der Waals surface area contributed by atoms with E-state index in [-0.39, 0.29) is 11.9 Å². The van der Waals surface area contributed by atoms with Crippen LogP contribution in [-0.2, 0) is 6.54 Å². The topological polar surface area (TPSA) is 50.7 Å². The van der Waals surface area contributed by atoms with Crippen molar-refractivity contribution in [3.05, 3.63) is 48.0 Å². The van der Waals surface area contributed by atoms with E-state index in [1.54, 1.807) is 12.1 Å². The first kappa shape index (κ1) is 15.0. The lowest BCUT2D eigenvalue weighted by Crippen LogP contribution is -2.05. The van der Waals surface area contributed by atoms with Gasteiger partial charge in [-0.05, 0) is 43.7 Å². The maximum atomic E-state index is 9.73. The Balaban J connectivity index is 1.95. The fraction of sp³-hybridized carbons (Fsp3) is 0.294. The van der Waals surface area contributed by atoms with Crippen LogP contribution in [0, 0.1) is 0 Å². The molecule has 0 bridgehead atoms. The zero-order valence-corrected chi connectivity index (χ0v) is 12.6. The number of phenols is 1. The Bertz CT molecular complexity index is 579. The van der Waals surface area contributed by atoms with Crippen LogP contribution in [-0.4, -0.2) is 18.3 Å². The number of hydrogen-bond donors (Lipinski definition) is 2. The van der Waals surface area contributed by atoms with Gasteiger partial charge in [-0.25, -0.2) is 0 Å². The number of benzene rings is 2. The molecule has 2 aromatic carbocycles. The lowest BCUT2D eigenvalue weighted by Gasteiger charge is -2.11. The van der Waals surface area contributed by atoms with Crippen molar-refractivity contribution in [3.8, 4) is 17.2 Å². The van der Waals surface area contributed by atoms with Gasteiger partial charge in [0, 0.05) is 18.3 Å². The third-order valence-corrected chi connectivity index (χ3v) is 2.97. The number of nitrogens with one attached hydrogen (secondary N) is 1. The van der Waals surface area contributed by atoms with E-state index in [0.29, 0.717) is 12.3 Å². The molecule has 0 radical (unpaired) electrons. The van der Waals surface area contributed by atoms with E-state index >= 15 is 0 Å². The molecule has 4 nitrogen and oxygen atoms in total. The van der Waals surface area contributed by atoms with Gasteiger partial charge in [-0.15, -0.1) is 0 Å². The van der Waals surface area contributed by atoms with Crippen LogP contribution in [0.25, 0.3) is 0 Å². The smallest absolute Gasteiger partial charge is 0.160 e. The molecule has 0 saturated heterocycles. The van der Waals surface area contributed by atoms with Crippen molar-refractivity contribution in [1.82, 2.24) is 0 Å². The molecule has 0 unspecified atom stereocenters. The minimum Gasteiger partial charge on any atom is -0.504 e. The van der Waals surface area contributed by atoms with Gasteiger partial charge >= 0.3 is 0 Å². The van der Waals surface area contributed by atoms with Gasteiger partial charge in [-0.1, -0.05) is 12.1 Å². The van der Waals surface area contributed by atoms with E-state index in [2.05, 4.69) is 5.32 Å². The van der Waals surface area contributed by atoms with Gasteiger partial charge in [0.05, 0.1) is 13.2 Å². The van der Waals surface area contributed by atoms with E-state index in [1.165, 1.54) is 7.11 Å². The molecule has 0 fully saturated rings. The van der Waals surface area contributed by atoms with Gasteiger partial charge < -0.3 is 19.9 Å². The van der Waals surface area contributed by atoms with Crippen LogP contribution in [0.3, 0.4) is 0 Å². The third-order valence-electron chi connectivity index (χ3n) is 2.97. The summed E-state index contributed by atoms with van der Waals surface area (Å²) >= 11 is 0. The predicted molar refractivity (Wildman–Crippen MR) is 84.2 cm³/mol. The zero-order chi connectivity index (χ0) is 15.2. The fourth-order valence-corrected chi connectivity index (χ4v) is 1.96. The van der Waals surface area contributed by atoms with Gasteiger partial charge in [-0.3, -0.25) is 0 Å². The van der Waals surface area contributed by atoms with Gasteiger partial charge in [0.25, 0.3) is 0 Å². The molecule has 0 spiro atoms. The van der Waals surface area contributed by atoms with E-state index in [9.17, 15) is 5.11 Å². The number of anilines is 1. The number of ether oxygens (including phenoxy) is 2. The average Bonchev–Trinajstić information content (AvgIpc) is 2.46. The summed E-state index contributed by atoms with van der Waals surface area (Å²) in [5, 5.41) is 13.0. The number of rotatable bonds is 6. The minimum atomic E-state index is 0.128. The van der Waals surface area contributed by atoms with Crippen LogP contribution in [0.1, 0.15) is 19.4 Å². The highest BCUT2D eigenvalue weighted by Gasteiger charge is 2.03. The summed E-state index contributed by atoms with van der Waals surface area (Å²) in [4.78, 5) is 0. The summed E-state index contributed by atoms with van der Waals surface area (Å²) in [5.74, 6) is 1.47. The monoisotopic (exact) mass is 287 g/mol. The van der Waals surface area contributed by atoms with Crippen LogP contribution in [0.15, 0.2) is 42.5 Å². The third kappa shape index (κ3) is 4.31. The van der Waals surface area contributed by atoms with Crippen LogP contribution >= 0.6 is 0 Å². The van der Waals surface area contributed by atoms with E-state index in [4.69, 9.17) is 9.47 Å². The second-order valence-corrected chi connectivity index (χ2v) is 5.05. The first-order chi connectivity index (χ1) is 10.1. The van der Waals surface area contributed by atoms with E-state index < -0.39 is 0 Å². The van der Waals surface area contributed by atoms with Crippen molar-refractivity contribution < 1.29 is 14.6 Å². The first-order valence-electron chi connectivity index (χ1n) is 6.95. The maximum absolute atomic E-state index is 9.73. The lowest BCUT2D eigenvalue weighted by molar-refractivity contribution is 0.242. The Labute approximate surface area is 125 Å². The Morgan fingerprint density at radius 1 is 1.10 bits per heavy atom. The van der Waals surface area contributed by atoms with Gasteiger partial charge in [-0.2, -0.15) is 0 Å². The largest absolute Gasteiger partial charge is 0.504 e. The highest BCUT2D eigenvalue weighted by Crippen LogP contribution is 2.28. The van der Waals surface area contributed by atoms with Gasteiger partial charge in [0.15, 0.2) is 11.5 Å². The molecule has 0 aliphatic heterocycles. The Morgan fingerprint density at radius 2 is 1.81 bits per heavy atom. The van der Waals surface area contributed by atoms with Crippen molar-refractivity contribution in [2.24, 2.45) is 0 Å². The summed E-state index contributed by atoms with van der Waals surface area (Å²) in [6.45, 7) is 4.69. The lowest BCUT2D eigenvalue weighted by atomic mass is 10.2. The average molecular weight is 287 g/mol. The van der Waals surface area contributed by atoms with Crippen LogP contribution in [0.2, 0.25) is 0 Å². The summed E-state index contributed by atoms with van der Waals surface area (Å²) < 4.78 is 10.6. The van der Waals surface area contributed by atoms with Crippen molar-refractivity contribution in [3.63, 3.8) is 0 Å². The molecule has 4 heteroatoms. The van der Waals surface area contributed by atoms with Crippen molar-refractivity contribution >= 4 is 5.69 Å². The second kappa shape index (κ2) is 6.88. The zero-order valence-electron chi connectivity index (χ0n) is 12.6. The highest BCUT2D eigenvalue weighted by molar-refractivity contribution is 5.54.